The van der Waals surface area contributed by atoms with Gasteiger partial charge in [-0.25, -0.2) is 0 Å². The molecular weight excluding hydrogens is 592 g/mol. The van der Waals surface area contributed by atoms with E-state index in [1.165, 1.54) is 6.07 Å². The Balaban J connectivity index is 1.84. The van der Waals surface area contributed by atoms with Gasteiger partial charge in [0.15, 0.2) is 7.14 Å². The fraction of sp³-hybridized carbons (Fsp3) is 0. The monoisotopic (exact) mass is 621 g/mol. The predicted molar refractivity (Wildman–Crippen MR) is 189 cm³/mol. The number of rotatable bonds is 9. The maximum atomic E-state index is 16.0. The standard InChI is InChI=1S/C39H29NO3P2/c41-40(42)37-29-17-16-28-36(37)38(44(32-20-8-2-9-21-32)33-22-10-3-11-23-33)30-39(31-18-6-1-7-19-31)45(43,34-24-12-4-13-25-34)35-26-14-5-15-27-35/h1-29H. The summed E-state index contributed by atoms with van der Waals surface area (Å²) in [5.41, 5.74) is 4.87. The second-order valence-electron chi connectivity index (χ2n) is 10.2. The first-order valence-electron chi connectivity index (χ1n) is 14.5. The summed E-state index contributed by atoms with van der Waals surface area (Å²) in [6.07, 6.45) is 0. The van der Waals surface area contributed by atoms with Crippen molar-refractivity contribution < 1.29 is 9.49 Å². The van der Waals surface area contributed by atoms with E-state index < -0.39 is 15.1 Å². The Morgan fingerprint density at radius 2 is 0.956 bits per heavy atom. The molecule has 0 bridgehead atoms. The molecule has 0 unspecified atom stereocenters. The quantitative estimate of drug-likeness (QED) is 0.0702. The molecule has 0 amide bonds. The van der Waals surface area contributed by atoms with Gasteiger partial charge in [0.25, 0.3) is 5.69 Å². The maximum Gasteiger partial charge on any atom is 0.277 e. The fourth-order valence-electron chi connectivity index (χ4n) is 5.36. The van der Waals surface area contributed by atoms with E-state index in [0.717, 1.165) is 16.2 Å². The van der Waals surface area contributed by atoms with Crippen LogP contribution in [0.25, 0.3) is 10.6 Å². The highest BCUT2D eigenvalue weighted by Gasteiger charge is 2.34. The van der Waals surface area contributed by atoms with Gasteiger partial charge in [0.2, 0.25) is 0 Å². The number of benzene rings is 6. The third-order valence-corrected chi connectivity index (χ3v) is 12.9. The van der Waals surface area contributed by atoms with Crippen LogP contribution in [0.5, 0.6) is 0 Å². The molecule has 218 valence electrons. The number of hydrogen-bond acceptors (Lipinski definition) is 3. The van der Waals surface area contributed by atoms with Crippen LogP contribution in [0.15, 0.2) is 182 Å². The average Bonchev–Trinajstić information content (AvgIpc) is 3.11. The number of hydrogen-bond donors (Lipinski definition) is 0. The van der Waals surface area contributed by atoms with Crippen LogP contribution in [-0.2, 0) is 4.57 Å². The van der Waals surface area contributed by atoms with Crippen LogP contribution in [0.3, 0.4) is 0 Å². The molecule has 45 heavy (non-hydrogen) atoms. The molecule has 0 aromatic heterocycles. The zero-order valence-electron chi connectivity index (χ0n) is 24.3. The molecule has 0 aliphatic heterocycles. The van der Waals surface area contributed by atoms with Gasteiger partial charge in [0, 0.05) is 22.0 Å². The van der Waals surface area contributed by atoms with Crippen LogP contribution in [0, 0.1) is 10.1 Å². The largest absolute Gasteiger partial charge is 0.308 e. The summed E-state index contributed by atoms with van der Waals surface area (Å²) >= 11 is 0. The number of para-hydroxylation sites is 1. The molecule has 0 aliphatic rings. The van der Waals surface area contributed by atoms with Crippen molar-refractivity contribution in [2.24, 2.45) is 0 Å². The second kappa shape index (κ2) is 13.7. The molecule has 0 saturated heterocycles. The molecule has 6 heteroatoms. The molecule has 0 atom stereocenters. The van der Waals surface area contributed by atoms with Gasteiger partial charge in [-0.2, -0.15) is 0 Å². The Kier molecular flexibility index (Phi) is 9.11. The van der Waals surface area contributed by atoms with E-state index >= 15 is 4.57 Å². The smallest absolute Gasteiger partial charge is 0.277 e. The molecule has 0 heterocycles. The second-order valence-corrected chi connectivity index (χ2v) is 15.1. The van der Waals surface area contributed by atoms with E-state index in [1.807, 2.05) is 158 Å². The third-order valence-electron chi connectivity index (χ3n) is 7.45. The van der Waals surface area contributed by atoms with E-state index in [0.29, 0.717) is 26.8 Å². The molecular formula is C39H29NO3P2. The normalized spacial score (nSPS) is 11.0. The lowest BCUT2D eigenvalue weighted by Crippen LogP contribution is -2.17. The van der Waals surface area contributed by atoms with Crippen molar-refractivity contribution in [1.29, 1.82) is 0 Å². The average molecular weight is 622 g/mol. The molecule has 6 aromatic rings. The van der Waals surface area contributed by atoms with Crippen molar-refractivity contribution in [1.82, 2.24) is 0 Å². The summed E-state index contributed by atoms with van der Waals surface area (Å²) in [6, 6.07) is 55.4. The van der Waals surface area contributed by atoms with Crippen molar-refractivity contribution in [2.45, 2.75) is 0 Å². The number of nitrogens with zero attached hydrogens (tertiary/aromatic N) is 1. The predicted octanol–water partition coefficient (Wildman–Crippen LogP) is 8.72. The van der Waals surface area contributed by atoms with Crippen LogP contribution in [-0.4, -0.2) is 4.92 Å². The zero-order valence-corrected chi connectivity index (χ0v) is 26.1. The Morgan fingerprint density at radius 3 is 1.42 bits per heavy atom. The van der Waals surface area contributed by atoms with Crippen molar-refractivity contribution in [2.75, 3.05) is 0 Å². The topological polar surface area (TPSA) is 60.2 Å². The van der Waals surface area contributed by atoms with E-state index in [2.05, 4.69) is 5.73 Å². The van der Waals surface area contributed by atoms with E-state index in [9.17, 15) is 10.1 Å². The van der Waals surface area contributed by atoms with Gasteiger partial charge in [-0.05, 0) is 30.2 Å². The number of nitro benzene ring substituents is 1. The van der Waals surface area contributed by atoms with Crippen LogP contribution >= 0.6 is 15.1 Å². The lowest BCUT2D eigenvalue weighted by molar-refractivity contribution is -0.385. The van der Waals surface area contributed by atoms with Gasteiger partial charge in [0.05, 0.1) is 15.8 Å². The molecule has 4 nitrogen and oxygen atoms in total. The van der Waals surface area contributed by atoms with E-state index in [4.69, 9.17) is 0 Å². The molecule has 0 aliphatic carbocycles. The Labute approximate surface area is 264 Å². The first kappa shape index (κ1) is 29.9. The van der Waals surface area contributed by atoms with Crippen LogP contribution in [0.2, 0.25) is 0 Å². The summed E-state index contributed by atoms with van der Waals surface area (Å²) in [4.78, 5) is 12.2. The van der Waals surface area contributed by atoms with Crippen molar-refractivity contribution in [3.05, 3.63) is 203 Å². The van der Waals surface area contributed by atoms with Crippen LogP contribution in [0.4, 0.5) is 5.69 Å². The third kappa shape index (κ3) is 6.27. The van der Waals surface area contributed by atoms with Gasteiger partial charge in [0.1, 0.15) is 0 Å². The van der Waals surface area contributed by atoms with Crippen molar-refractivity contribution in [3.63, 3.8) is 0 Å². The molecule has 6 rings (SSSR count). The number of nitro groups is 1. The lowest BCUT2D eigenvalue weighted by atomic mass is 10.1. The lowest BCUT2D eigenvalue weighted by Gasteiger charge is -2.24. The zero-order chi connectivity index (χ0) is 31.1. The minimum Gasteiger partial charge on any atom is -0.308 e. The summed E-state index contributed by atoms with van der Waals surface area (Å²) in [6.45, 7) is 0. The van der Waals surface area contributed by atoms with E-state index in [1.54, 1.807) is 12.1 Å². The molecule has 0 N–H and O–H groups in total. The van der Waals surface area contributed by atoms with Gasteiger partial charge in [-0.3, -0.25) is 10.1 Å². The fourth-order valence-corrected chi connectivity index (χ4v) is 10.6. The highest BCUT2D eigenvalue weighted by atomic mass is 31.2. The highest BCUT2D eigenvalue weighted by Crippen LogP contribution is 2.58. The van der Waals surface area contributed by atoms with Gasteiger partial charge >= 0.3 is 0 Å². The Bertz CT molecular complexity index is 1940. The van der Waals surface area contributed by atoms with E-state index in [-0.39, 0.29) is 10.6 Å². The van der Waals surface area contributed by atoms with Crippen LogP contribution in [0.1, 0.15) is 11.1 Å². The molecule has 0 saturated carbocycles. The molecule has 0 radical (unpaired) electrons. The Morgan fingerprint density at radius 1 is 0.556 bits per heavy atom. The molecule has 0 spiro atoms. The van der Waals surface area contributed by atoms with Gasteiger partial charge in [-0.1, -0.05) is 170 Å². The molecule has 0 fully saturated rings. The summed E-state index contributed by atoms with van der Waals surface area (Å²) in [5.74, 6) is 0. The van der Waals surface area contributed by atoms with Crippen molar-refractivity contribution >= 4 is 52.6 Å². The summed E-state index contributed by atoms with van der Waals surface area (Å²) < 4.78 is 16.0. The minimum absolute atomic E-state index is 0.0268. The molecule has 6 aromatic carbocycles. The Hall–Kier alpha value is -5.10. The maximum absolute atomic E-state index is 16.0. The highest BCUT2D eigenvalue weighted by molar-refractivity contribution is 7.87. The summed E-state index contributed by atoms with van der Waals surface area (Å²) in [7, 11) is -4.95. The van der Waals surface area contributed by atoms with Crippen molar-refractivity contribution in [3.8, 4) is 0 Å². The van der Waals surface area contributed by atoms with Gasteiger partial charge < -0.3 is 4.57 Å². The summed E-state index contributed by atoms with van der Waals surface area (Å²) in [5, 5.41) is 17.0. The van der Waals surface area contributed by atoms with Crippen LogP contribution < -0.4 is 21.2 Å². The first-order chi connectivity index (χ1) is 22.1. The van der Waals surface area contributed by atoms with Gasteiger partial charge in [-0.15, -0.1) is 0 Å². The SMILES string of the molecule is O=[N+]([O-])c1ccccc1C(=C=C(c1ccccc1)P(=O)(c1ccccc1)c1ccccc1)P(c1ccccc1)c1ccccc1. The first-order valence-corrected chi connectivity index (χ1v) is 17.5. The minimum atomic E-state index is -3.57.